The van der Waals surface area contributed by atoms with E-state index in [-0.39, 0.29) is 24.1 Å². The van der Waals surface area contributed by atoms with E-state index in [4.69, 9.17) is 0 Å². The standard InChI is InChI=1S/C13H20N4O4/c1-13(2,16-7-10(6-14-16)17(20)21)12(19)15(3)8-11(18)9-4-5-9/h6-7,9,11,18H,4-5,8H2,1-3H3. The molecule has 21 heavy (non-hydrogen) atoms. The zero-order valence-corrected chi connectivity index (χ0v) is 12.4. The number of likely N-dealkylation sites (N-methyl/N-ethyl adjacent to an activating group) is 1. The third-order valence-electron chi connectivity index (χ3n) is 3.85. The number of nitrogens with zero attached hydrogens (tertiary/aromatic N) is 4. The molecule has 1 fully saturated rings. The Morgan fingerprint density at radius 1 is 1.67 bits per heavy atom. The van der Waals surface area contributed by atoms with Crippen molar-refractivity contribution in [1.82, 2.24) is 14.7 Å². The van der Waals surface area contributed by atoms with E-state index in [1.807, 2.05) is 0 Å². The minimum Gasteiger partial charge on any atom is -0.391 e. The van der Waals surface area contributed by atoms with Gasteiger partial charge in [0.15, 0.2) is 0 Å². The number of aliphatic hydroxyl groups excluding tert-OH is 1. The number of hydrogen-bond acceptors (Lipinski definition) is 5. The molecule has 1 N–H and O–H groups in total. The molecule has 1 atom stereocenters. The van der Waals surface area contributed by atoms with Gasteiger partial charge in [-0.1, -0.05) is 0 Å². The fourth-order valence-corrected chi connectivity index (χ4v) is 2.27. The van der Waals surface area contributed by atoms with Crippen LogP contribution in [0.4, 0.5) is 5.69 Å². The topological polar surface area (TPSA) is 102 Å². The van der Waals surface area contributed by atoms with Gasteiger partial charge in [0.2, 0.25) is 5.91 Å². The molecule has 0 spiro atoms. The van der Waals surface area contributed by atoms with Gasteiger partial charge in [0, 0.05) is 13.6 Å². The summed E-state index contributed by atoms with van der Waals surface area (Å²) in [7, 11) is 1.62. The third-order valence-corrected chi connectivity index (χ3v) is 3.85. The fourth-order valence-electron chi connectivity index (χ4n) is 2.27. The van der Waals surface area contributed by atoms with Crippen LogP contribution in [0.25, 0.3) is 0 Å². The van der Waals surface area contributed by atoms with Crippen LogP contribution in [0.15, 0.2) is 12.4 Å². The summed E-state index contributed by atoms with van der Waals surface area (Å²) >= 11 is 0. The second-order valence-electron chi connectivity index (χ2n) is 6.05. The molecular weight excluding hydrogens is 276 g/mol. The van der Waals surface area contributed by atoms with Gasteiger partial charge in [0.1, 0.15) is 17.9 Å². The second-order valence-corrected chi connectivity index (χ2v) is 6.05. The maximum Gasteiger partial charge on any atom is 0.307 e. The van der Waals surface area contributed by atoms with E-state index >= 15 is 0 Å². The molecule has 0 aromatic carbocycles. The van der Waals surface area contributed by atoms with E-state index in [0.29, 0.717) is 0 Å². The molecule has 1 saturated carbocycles. The van der Waals surface area contributed by atoms with Crippen LogP contribution in [0.3, 0.4) is 0 Å². The van der Waals surface area contributed by atoms with Crippen molar-refractivity contribution in [2.24, 2.45) is 5.92 Å². The van der Waals surface area contributed by atoms with Crippen molar-refractivity contribution < 1.29 is 14.8 Å². The highest BCUT2D eigenvalue weighted by Gasteiger charge is 2.37. The Balaban J connectivity index is 2.08. The van der Waals surface area contributed by atoms with Gasteiger partial charge in [-0.05, 0) is 32.6 Å². The average Bonchev–Trinajstić information content (AvgIpc) is 3.13. The van der Waals surface area contributed by atoms with E-state index in [0.717, 1.165) is 19.0 Å². The molecule has 1 aromatic rings. The van der Waals surface area contributed by atoms with Crippen LogP contribution in [-0.2, 0) is 10.3 Å². The Bertz CT molecular complexity index is 550. The van der Waals surface area contributed by atoms with Crippen LogP contribution in [0.5, 0.6) is 0 Å². The summed E-state index contributed by atoms with van der Waals surface area (Å²) in [6.45, 7) is 3.55. The Labute approximate surface area is 122 Å². The van der Waals surface area contributed by atoms with Crippen LogP contribution in [0.1, 0.15) is 26.7 Å². The lowest BCUT2D eigenvalue weighted by molar-refractivity contribution is -0.385. The van der Waals surface area contributed by atoms with Gasteiger partial charge >= 0.3 is 5.69 Å². The molecule has 1 aromatic heterocycles. The van der Waals surface area contributed by atoms with Gasteiger partial charge in [-0.3, -0.25) is 19.6 Å². The molecule has 116 valence electrons. The zero-order valence-electron chi connectivity index (χ0n) is 12.4. The van der Waals surface area contributed by atoms with Gasteiger partial charge in [-0.15, -0.1) is 0 Å². The van der Waals surface area contributed by atoms with Crippen LogP contribution in [-0.4, -0.2) is 50.3 Å². The summed E-state index contributed by atoms with van der Waals surface area (Å²) in [6, 6.07) is 0. The number of rotatable bonds is 6. The molecular formula is C13H20N4O4. The highest BCUT2D eigenvalue weighted by atomic mass is 16.6. The maximum atomic E-state index is 12.5. The molecule has 0 bridgehead atoms. The molecule has 8 heteroatoms. The lowest BCUT2D eigenvalue weighted by Crippen LogP contribution is -2.48. The summed E-state index contributed by atoms with van der Waals surface area (Å²) in [6.07, 6.45) is 3.84. The predicted molar refractivity (Wildman–Crippen MR) is 74.6 cm³/mol. The highest BCUT2D eigenvalue weighted by Crippen LogP contribution is 2.33. The highest BCUT2D eigenvalue weighted by molar-refractivity contribution is 5.83. The first-order chi connectivity index (χ1) is 9.73. The van der Waals surface area contributed by atoms with Gasteiger partial charge in [-0.2, -0.15) is 5.10 Å². The summed E-state index contributed by atoms with van der Waals surface area (Å²) in [5.74, 6) is 0.0364. The molecule has 2 rings (SSSR count). The van der Waals surface area contributed by atoms with Crippen molar-refractivity contribution in [3.8, 4) is 0 Å². The second kappa shape index (κ2) is 5.44. The summed E-state index contributed by atoms with van der Waals surface area (Å²) < 4.78 is 1.29. The Morgan fingerprint density at radius 3 is 2.76 bits per heavy atom. The Morgan fingerprint density at radius 2 is 2.29 bits per heavy atom. The quantitative estimate of drug-likeness (QED) is 0.616. The number of aromatic nitrogens is 2. The normalized spacial score (nSPS) is 16.6. The number of amides is 1. The van der Waals surface area contributed by atoms with E-state index in [2.05, 4.69) is 5.10 Å². The first kappa shape index (κ1) is 15.4. The van der Waals surface area contributed by atoms with Crippen LogP contribution in [0.2, 0.25) is 0 Å². The minimum atomic E-state index is -1.05. The molecule has 0 radical (unpaired) electrons. The zero-order chi connectivity index (χ0) is 15.8. The lowest BCUT2D eigenvalue weighted by atomic mass is 10.0. The van der Waals surface area contributed by atoms with Gasteiger partial charge in [0.25, 0.3) is 0 Å². The maximum absolute atomic E-state index is 12.5. The van der Waals surface area contributed by atoms with E-state index in [1.54, 1.807) is 20.9 Å². The van der Waals surface area contributed by atoms with Crippen LogP contribution in [0, 0.1) is 16.0 Å². The first-order valence-corrected chi connectivity index (χ1v) is 6.86. The molecule has 1 aliphatic rings. The third kappa shape index (κ3) is 3.21. The van der Waals surface area contributed by atoms with Crippen molar-refractivity contribution in [3.05, 3.63) is 22.5 Å². The van der Waals surface area contributed by atoms with Gasteiger partial charge in [0.05, 0.1) is 11.0 Å². The minimum absolute atomic E-state index is 0.156. The molecule has 0 saturated heterocycles. The van der Waals surface area contributed by atoms with Crippen molar-refractivity contribution in [3.63, 3.8) is 0 Å². The van der Waals surface area contributed by atoms with Gasteiger partial charge < -0.3 is 10.0 Å². The van der Waals surface area contributed by atoms with Crippen molar-refractivity contribution in [1.29, 1.82) is 0 Å². The number of hydrogen-bond donors (Lipinski definition) is 1. The number of carbonyl (C=O) groups excluding carboxylic acids is 1. The SMILES string of the molecule is CN(CC(O)C1CC1)C(=O)C(C)(C)n1cc([N+](=O)[O-])cn1. The number of aliphatic hydroxyl groups is 1. The molecule has 1 aliphatic carbocycles. The molecule has 1 unspecified atom stereocenters. The fraction of sp³-hybridized carbons (Fsp3) is 0.692. The van der Waals surface area contributed by atoms with Crippen molar-refractivity contribution in [2.75, 3.05) is 13.6 Å². The lowest BCUT2D eigenvalue weighted by Gasteiger charge is -2.30. The summed E-state index contributed by atoms with van der Waals surface area (Å²) in [5.41, 5.74) is -1.21. The molecule has 0 aliphatic heterocycles. The number of carbonyl (C=O) groups is 1. The van der Waals surface area contributed by atoms with E-state index in [1.165, 1.54) is 15.8 Å². The van der Waals surface area contributed by atoms with E-state index < -0.39 is 16.6 Å². The predicted octanol–water partition coefficient (Wildman–Crippen LogP) is 0.756. The van der Waals surface area contributed by atoms with Crippen molar-refractivity contribution in [2.45, 2.75) is 38.3 Å². The largest absolute Gasteiger partial charge is 0.391 e. The number of nitro groups is 1. The average molecular weight is 296 g/mol. The molecule has 8 nitrogen and oxygen atoms in total. The molecule has 1 amide bonds. The van der Waals surface area contributed by atoms with Gasteiger partial charge in [-0.25, -0.2) is 0 Å². The Kier molecular flexibility index (Phi) is 3.99. The van der Waals surface area contributed by atoms with Crippen LogP contribution < -0.4 is 0 Å². The van der Waals surface area contributed by atoms with Crippen LogP contribution >= 0.6 is 0 Å². The monoisotopic (exact) mass is 296 g/mol. The first-order valence-electron chi connectivity index (χ1n) is 6.86. The summed E-state index contributed by atoms with van der Waals surface area (Å²) in [4.78, 5) is 24.1. The Hall–Kier alpha value is -1.96. The van der Waals surface area contributed by atoms with Crippen molar-refractivity contribution >= 4 is 11.6 Å². The van der Waals surface area contributed by atoms with E-state index in [9.17, 15) is 20.0 Å². The summed E-state index contributed by atoms with van der Waals surface area (Å²) in [5, 5.41) is 24.5. The molecule has 1 heterocycles. The smallest absolute Gasteiger partial charge is 0.307 e.